The molecule has 27 heavy (non-hydrogen) atoms. The molecule has 1 N–H and O–H groups in total. The smallest absolute Gasteiger partial charge is 0.253 e. The van der Waals surface area contributed by atoms with Crippen molar-refractivity contribution >= 4 is 5.91 Å². The van der Waals surface area contributed by atoms with Crippen molar-refractivity contribution in [3.8, 4) is 11.5 Å². The van der Waals surface area contributed by atoms with E-state index in [9.17, 15) is 9.90 Å². The van der Waals surface area contributed by atoms with Gasteiger partial charge in [0.15, 0.2) is 0 Å². The van der Waals surface area contributed by atoms with Gasteiger partial charge in [-0.3, -0.25) is 9.69 Å². The average molecular weight is 370 g/mol. The number of ether oxygens (including phenoxy) is 2. The van der Waals surface area contributed by atoms with Crippen molar-refractivity contribution in [1.82, 2.24) is 9.80 Å². The van der Waals surface area contributed by atoms with Crippen LogP contribution >= 0.6 is 0 Å². The first-order valence-electron chi connectivity index (χ1n) is 9.17. The van der Waals surface area contributed by atoms with E-state index in [2.05, 4.69) is 4.90 Å². The van der Waals surface area contributed by atoms with E-state index in [1.165, 1.54) is 0 Å². The fourth-order valence-corrected chi connectivity index (χ4v) is 3.11. The lowest BCUT2D eigenvalue weighted by molar-refractivity contribution is 0.0403. The summed E-state index contributed by atoms with van der Waals surface area (Å²) >= 11 is 0. The van der Waals surface area contributed by atoms with Crippen LogP contribution in [-0.2, 0) is 0 Å². The molecular weight excluding hydrogens is 344 g/mol. The normalized spacial score (nSPS) is 16.0. The molecule has 6 heteroatoms. The number of benzene rings is 2. The van der Waals surface area contributed by atoms with Crippen LogP contribution in [0.2, 0.25) is 0 Å². The van der Waals surface area contributed by atoms with Gasteiger partial charge in [-0.25, -0.2) is 0 Å². The van der Waals surface area contributed by atoms with E-state index in [0.29, 0.717) is 25.4 Å². The third-order valence-electron chi connectivity index (χ3n) is 4.65. The zero-order valence-electron chi connectivity index (χ0n) is 15.6. The molecule has 0 aromatic heterocycles. The van der Waals surface area contributed by atoms with Crippen molar-refractivity contribution in [3.05, 3.63) is 60.2 Å². The van der Waals surface area contributed by atoms with Gasteiger partial charge in [-0.05, 0) is 36.4 Å². The first kappa shape index (κ1) is 19.2. The highest BCUT2D eigenvalue weighted by molar-refractivity contribution is 5.94. The lowest BCUT2D eigenvalue weighted by Gasteiger charge is -2.35. The summed E-state index contributed by atoms with van der Waals surface area (Å²) in [5.74, 6) is 1.54. The number of hydrogen-bond acceptors (Lipinski definition) is 5. The quantitative estimate of drug-likeness (QED) is 0.807. The van der Waals surface area contributed by atoms with Crippen molar-refractivity contribution in [2.45, 2.75) is 6.10 Å². The number of amides is 1. The zero-order valence-corrected chi connectivity index (χ0v) is 15.6. The number of carbonyl (C=O) groups excluding carboxylic acids is 1. The molecule has 1 atom stereocenters. The summed E-state index contributed by atoms with van der Waals surface area (Å²) in [6.45, 7) is 3.59. The van der Waals surface area contributed by atoms with Gasteiger partial charge in [-0.1, -0.05) is 18.2 Å². The van der Waals surface area contributed by atoms with Crippen LogP contribution in [0.15, 0.2) is 54.6 Å². The minimum Gasteiger partial charge on any atom is -0.497 e. The van der Waals surface area contributed by atoms with Crippen LogP contribution in [0.3, 0.4) is 0 Å². The molecule has 0 unspecified atom stereocenters. The fraction of sp³-hybridized carbons (Fsp3) is 0.381. The van der Waals surface area contributed by atoms with Gasteiger partial charge in [0.05, 0.1) is 7.11 Å². The van der Waals surface area contributed by atoms with Crippen molar-refractivity contribution in [2.75, 3.05) is 46.4 Å². The van der Waals surface area contributed by atoms with Gasteiger partial charge in [-0.15, -0.1) is 0 Å². The van der Waals surface area contributed by atoms with Crippen LogP contribution < -0.4 is 9.47 Å². The van der Waals surface area contributed by atoms with Crippen LogP contribution in [0.1, 0.15) is 10.4 Å². The second-order valence-electron chi connectivity index (χ2n) is 6.60. The topological polar surface area (TPSA) is 62.2 Å². The Kier molecular flexibility index (Phi) is 6.68. The Balaban J connectivity index is 1.40. The van der Waals surface area contributed by atoms with Gasteiger partial charge in [0.25, 0.3) is 5.91 Å². The number of aliphatic hydroxyl groups is 1. The van der Waals surface area contributed by atoms with E-state index in [-0.39, 0.29) is 12.5 Å². The van der Waals surface area contributed by atoms with E-state index in [1.807, 2.05) is 59.5 Å². The molecule has 1 saturated heterocycles. The molecule has 1 aliphatic heterocycles. The van der Waals surface area contributed by atoms with E-state index in [4.69, 9.17) is 9.47 Å². The highest BCUT2D eigenvalue weighted by Gasteiger charge is 2.23. The summed E-state index contributed by atoms with van der Waals surface area (Å²) in [4.78, 5) is 16.5. The van der Waals surface area contributed by atoms with E-state index in [0.717, 1.165) is 24.4 Å². The number of aliphatic hydroxyl groups excluding tert-OH is 1. The summed E-state index contributed by atoms with van der Waals surface area (Å²) in [6, 6.07) is 16.6. The number of rotatable bonds is 7. The van der Waals surface area contributed by atoms with Gasteiger partial charge < -0.3 is 19.5 Å². The Labute approximate surface area is 159 Å². The Bertz CT molecular complexity index is 713. The van der Waals surface area contributed by atoms with E-state index >= 15 is 0 Å². The lowest BCUT2D eigenvalue weighted by atomic mass is 10.2. The zero-order chi connectivity index (χ0) is 19.1. The molecule has 1 aliphatic rings. The second kappa shape index (κ2) is 9.39. The molecular formula is C21H26N2O4. The van der Waals surface area contributed by atoms with E-state index < -0.39 is 6.10 Å². The van der Waals surface area contributed by atoms with Crippen LogP contribution in [-0.4, -0.2) is 73.4 Å². The number of β-amino-alcohol motifs (C(OH)–C–C–N with tert-alkyl or cyclic N) is 1. The van der Waals surface area contributed by atoms with Crippen molar-refractivity contribution in [1.29, 1.82) is 0 Å². The summed E-state index contributed by atoms with van der Waals surface area (Å²) in [7, 11) is 1.62. The maximum absolute atomic E-state index is 12.5. The Morgan fingerprint density at radius 1 is 1.00 bits per heavy atom. The van der Waals surface area contributed by atoms with Gasteiger partial charge >= 0.3 is 0 Å². The van der Waals surface area contributed by atoms with Crippen LogP contribution in [0, 0.1) is 0 Å². The van der Waals surface area contributed by atoms with Gasteiger partial charge in [-0.2, -0.15) is 0 Å². The highest BCUT2D eigenvalue weighted by atomic mass is 16.5. The standard InChI is InChI=1S/C21H26N2O4/c1-26-19-7-9-20(10-8-19)27-16-18(24)15-22-11-13-23(14-12-22)21(25)17-5-3-2-4-6-17/h2-10,18,24H,11-16H2,1H3/t18-/m1/s1. The maximum Gasteiger partial charge on any atom is 0.253 e. The van der Waals surface area contributed by atoms with Crippen LogP contribution in [0.4, 0.5) is 0 Å². The number of piperazine rings is 1. The highest BCUT2D eigenvalue weighted by Crippen LogP contribution is 2.17. The van der Waals surface area contributed by atoms with Gasteiger partial charge in [0.2, 0.25) is 0 Å². The van der Waals surface area contributed by atoms with Gasteiger partial charge in [0.1, 0.15) is 24.2 Å². The predicted molar refractivity (Wildman–Crippen MR) is 103 cm³/mol. The van der Waals surface area contributed by atoms with Crippen molar-refractivity contribution in [3.63, 3.8) is 0 Å². The Morgan fingerprint density at radius 2 is 1.63 bits per heavy atom. The maximum atomic E-state index is 12.5. The molecule has 2 aromatic rings. The summed E-state index contributed by atoms with van der Waals surface area (Å²) in [5, 5.41) is 10.2. The first-order valence-corrected chi connectivity index (χ1v) is 9.17. The SMILES string of the molecule is COc1ccc(OC[C@H](O)CN2CCN(C(=O)c3ccccc3)CC2)cc1. The summed E-state index contributed by atoms with van der Waals surface area (Å²) in [5.41, 5.74) is 0.721. The van der Waals surface area contributed by atoms with Crippen LogP contribution in [0.5, 0.6) is 11.5 Å². The molecule has 0 saturated carbocycles. The molecule has 1 fully saturated rings. The van der Waals surface area contributed by atoms with Crippen molar-refractivity contribution in [2.24, 2.45) is 0 Å². The van der Waals surface area contributed by atoms with Crippen molar-refractivity contribution < 1.29 is 19.4 Å². The third-order valence-corrected chi connectivity index (χ3v) is 4.65. The number of nitrogens with zero attached hydrogens (tertiary/aromatic N) is 2. The molecule has 6 nitrogen and oxygen atoms in total. The van der Waals surface area contributed by atoms with Gasteiger partial charge in [0, 0.05) is 38.3 Å². The summed E-state index contributed by atoms with van der Waals surface area (Å²) in [6.07, 6.45) is -0.580. The molecule has 144 valence electrons. The average Bonchev–Trinajstić information content (AvgIpc) is 2.73. The predicted octanol–water partition coefficient (Wildman–Crippen LogP) is 1.89. The number of methoxy groups -OCH3 is 1. The molecule has 0 radical (unpaired) electrons. The first-order chi connectivity index (χ1) is 13.2. The molecule has 0 spiro atoms. The minimum atomic E-state index is -0.580. The minimum absolute atomic E-state index is 0.0682. The molecule has 1 amide bonds. The molecule has 0 bridgehead atoms. The molecule has 0 aliphatic carbocycles. The Morgan fingerprint density at radius 3 is 2.26 bits per heavy atom. The number of hydrogen-bond donors (Lipinski definition) is 1. The molecule has 3 rings (SSSR count). The molecule has 1 heterocycles. The van der Waals surface area contributed by atoms with Crippen LogP contribution in [0.25, 0.3) is 0 Å². The summed E-state index contributed by atoms with van der Waals surface area (Å²) < 4.78 is 10.7. The lowest BCUT2D eigenvalue weighted by Crippen LogP contribution is -2.50. The fourth-order valence-electron chi connectivity index (χ4n) is 3.11. The molecule has 2 aromatic carbocycles. The number of carbonyl (C=O) groups is 1. The van der Waals surface area contributed by atoms with E-state index in [1.54, 1.807) is 7.11 Å². The largest absolute Gasteiger partial charge is 0.497 e. The third kappa shape index (κ3) is 5.45. The Hall–Kier alpha value is -2.57. The second-order valence-corrected chi connectivity index (χ2v) is 6.60. The monoisotopic (exact) mass is 370 g/mol.